The van der Waals surface area contributed by atoms with Crippen LogP contribution in [0, 0.1) is 6.92 Å². The minimum Gasteiger partial charge on any atom is -0.0654 e. The summed E-state index contributed by atoms with van der Waals surface area (Å²) >= 11 is 0. The van der Waals surface area contributed by atoms with Crippen molar-refractivity contribution in [2.24, 2.45) is 0 Å². The zero-order valence-corrected chi connectivity index (χ0v) is 15.4. The van der Waals surface area contributed by atoms with E-state index in [-0.39, 0.29) is 0 Å². The lowest BCUT2D eigenvalue weighted by atomic mass is 9.87. The Hall–Kier alpha value is -1.56. The standard InChI is InChI=1S/C23H32/c1-5-8-12-19-14-10-11-15-23(19)22-17-16-20(13-9-6-2)21(7-3)18(22)4/h10-11,14-17H,5-9,12-13H2,1-4H3. The largest absolute Gasteiger partial charge is 0.0654 e. The van der Waals surface area contributed by atoms with Crippen molar-refractivity contribution in [3.8, 4) is 11.1 Å². The van der Waals surface area contributed by atoms with Crippen molar-refractivity contribution in [1.82, 2.24) is 0 Å². The van der Waals surface area contributed by atoms with E-state index in [0.29, 0.717) is 0 Å². The van der Waals surface area contributed by atoms with Crippen LogP contribution in [0.5, 0.6) is 0 Å². The Morgan fingerprint density at radius 2 is 1.35 bits per heavy atom. The monoisotopic (exact) mass is 308 g/mol. The van der Waals surface area contributed by atoms with Crippen molar-refractivity contribution in [2.75, 3.05) is 0 Å². The second kappa shape index (κ2) is 8.91. The molecule has 0 N–H and O–H groups in total. The lowest BCUT2D eigenvalue weighted by Crippen LogP contribution is -2.00. The number of hydrogen-bond donors (Lipinski definition) is 0. The smallest absolute Gasteiger partial charge is 0.0149 e. The van der Waals surface area contributed by atoms with E-state index >= 15 is 0 Å². The van der Waals surface area contributed by atoms with Crippen LogP contribution in [-0.4, -0.2) is 0 Å². The van der Waals surface area contributed by atoms with E-state index in [1.165, 1.54) is 60.8 Å². The van der Waals surface area contributed by atoms with E-state index in [4.69, 9.17) is 0 Å². The zero-order valence-electron chi connectivity index (χ0n) is 15.4. The van der Waals surface area contributed by atoms with Crippen LogP contribution in [0.1, 0.15) is 68.7 Å². The van der Waals surface area contributed by atoms with Crippen molar-refractivity contribution < 1.29 is 0 Å². The number of aryl methyl sites for hydroxylation is 2. The van der Waals surface area contributed by atoms with Gasteiger partial charge in [0.25, 0.3) is 0 Å². The molecule has 0 unspecified atom stereocenters. The Bertz CT molecular complexity index is 622. The van der Waals surface area contributed by atoms with Gasteiger partial charge in [0.15, 0.2) is 0 Å². The third-order valence-electron chi connectivity index (χ3n) is 4.96. The highest BCUT2D eigenvalue weighted by atomic mass is 14.2. The Morgan fingerprint density at radius 3 is 2.00 bits per heavy atom. The van der Waals surface area contributed by atoms with Crippen LogP contribution in [0.4, 0.5) is 0 Å². The van der Waals surface area contributed by atoms with Crippen molar-refractivity contribution in [3.05, 3.63) is 58.7 Å². The fourth-order valence-corrected chi connectivity index (χ4v) is 3.57. The summed E-state index contributed by atoms with van der Waals surface area (Å²) in [6.07, 6.45) is 8.62. The molecule has 0 heteroatoms. The molecular weight excluding hydrogens is 276 g/mol. The number of benzene rings is 2. The summed E-state index contributed by atoms with van der Waals surface area (Å²) in [5.41, 5.74) is 9.00. The first-order valence-corrected chi connectivity index (χ1v) is 9.42. The highest BCUT2D eigenvalue weighted by Crippen LogP contribution is 2.32. The van der Waals surface area contributed by atoms with Gasteiger partial charge in [0, 0.05) is 0 Å². The summed E-state index contributed by atoms with van der Waals surface area (Å²) in [7, 11) is 0. The van der Waals surface area contributed by atoms with Crippen LogP contribution in [-0.2, 0) is 19.3 Å². The van der Waals surface area contributed by atoms with Crippen LogP contribution in [0.25, 0.3) is 11.1 Å². The molecule has 0 atom stereocenters. The van der Waals surface area contributed by atoms with Gasteiger partial charge in [0.05, 0.1) is 0 Å². The summed E-state index contributed by atoms with van der Waals surface area (Å²) < 4.78 is 0. The highest BCUT2D eigenvalue weighted by molar-refractivity contribution is 5.72. The molecule has 0 aliphatic heterocycles. The van der Waals surface area contributed by atoms with E-state index in [1.54, 1.807) is 11.1 Å². The van der Waals surface area contributed by atoms with Gasteiger partial charge in [-0.3, -0.25) is 0 Å². The van der Waals surface area contributed by atoms with Crippen LogP contribution in [0.15, 0.2) is 36.4 Å². The maximum atomic E-state index is 2.38. The molecule has 0 amide bonds. The van der Waals surface area contributed by atoms with Crippen molar-refractivity contribution in [3.63, 3.8) is 0 Å². The second-order valence-corrected chi connectivity index (χ2v) is 6.59. The van der Waals surface area contributed by atoms with Gasteiger partial charge in [0.1, 0.15) is 0 Å². The Labute approximate surface area is 143 Å². The van der Waals surface area contributed by atoms with E-state index in [1.807, 2.05) is 0 Å². The van der Waals surface area contributed by atoms with Gasteiger partial charge < -0.3 is 0 Å². The Morgan fingerprint density at radius 1 is 0.696 bits per heavy atom. The molecule has 0 aliphatic rings. The fraction of sp³-hybridized carbons (Fsp3) is 0.478. The molecule has 0 nitrogen and oxygen atoms in total. The zero-order chi connectivity index (χ0) is 16.7. The molecule has 23 heavy (non-hydrogen) atoms. The summed E-state index contributed by atoms with van der Waals surface area (Å²) in [6.45, 7) is 9.16. The lowest BCUT2D eigenvalue weighted by Gasteiger charge is -2.18. The van der Waals surface area contributed by atoms with Crippen LogP contribution in [0.2, 0.25) is 0 Å². The first kappa shape index (κ1) is 17.8. The minimum absolute atomic E-state index is 1.13. The predicted molar refractivity (Wildman–Crippen MR) is 103 cm³/mol. The molecule has 124 valence electrons. The van der Waals surface area contributed by atoms with E-state index < -0.39 is 0 Å². The van der Waals surface area contributed by atoms with Crippen molar-refractivity contribution in [2.45, 2.75) is 72.6 Å². The summed E-state index contributed by atoms with van der Waals surface area (Å²) in [5.74, 6) is 0. The molecule has 0 fully saturated rings. The maximum absolute atomic E-state index is 2.38. The molecule has 0 bridgehead atoms. The molecule has 0 saturated heterocycles. The molecule has 2 rings (SSSR count). The molecule has 0 aromatic heterocycles. The predicted octanol–water partition coefficient (Wildman–Crippen LogP) is 6.91. The molecule has 2 aromatic carbocycles. The van der Waals surface area contributed by atoms with Crippen LogP contribution < -0.4 is 0 Å². The molecule has 0 aliphatic carbocycles. The number of rotatable bonds is 8. The molecule has 0 radical (unpaired) electrons. The van der Waals surface area contributed by atoms with E-state index in [0.717, 1.165) is 6.42 Å². The van der Waals surface area contributed by atoms with Gasteiger partial charge in [0.2, 0.25) is 0 Å². The lowest BCUT2D eigenvalue weighted by molar-refractivity contribution is 0.785. The molecule has 0 heterocycles. The topological polar surface area (TPSA) is 0 Å². The quantitative estimate of drug-likeness (QED) is 0.497. The average molecular weight is 309 g/mol. The van der Waals surface area contributed by atoms with E-state index in [9.17, 15) is 0 Å². The summed E-state index contributed by atoms with van der Waals surface area (Å²) in [6, 6.07) is 13.7. The Kier molecular flexibility index (Phi) is 6.89. The highest BCUT2D eigenvalue weighted by Gasteiger charge is 2.12. The van der Waals surface area contributed by atoms with E-state index in [2.05, 4.69) is 64.1 Å². The average Bonchev–Trinajstić information content (AvgIpc) is 2.58. The van der Waals surface area contributed by atoms with Gasteiger partial charge in [-0.2, -0.15) is 0 Å². The maximum Gasteiger partial charge on any atom is -0.0149 e. The second-order valence-electron chi connectivity index (χ2n) is 6.59. The first-order chi connectivity index (χ1) is 11.2. The fourth-order valence-electron chi connectivity index (χ4n) is 3.57. The van der Waals surface area contributed by atoms with Gasteiger partial charge in [-0.15, -0.1) is 0 Å². The van der Waals surface area contributed by atoms with Gasteiger partial charge in [-0.05, 0) is 72.4 Å². The minimum atomic E-state index is 1.13. The Balaban J connectivity index is 2.44. The van der Waals surface area contributed by atoms with Crippen LogP contribution in [0.3, 0.4) is 0 Å². The normalized spacial score (nSPS) is 11.0. The molecule has 2 aromatic rings. The van der Waals surface area contributed by atoms with Gasteiger partial charge in [-0.1, -0.05) is 70.0 Å². The van der Waals surface area contributed by atoms with Gasteiger partial charge >= 0.3 is 0 Å². The number of unbranched alkanes of at least 4 members (excludes halogenated alkanes) is 2. The third kappa shape index (κ3) is 4.25. The summed E-state index contributed by atoms with van der Waals surface area (Å²) in [4.78, 5) is 0. The SMILES string of the molecule is CCCCc1ccccc1-c1ccc(CCCC)c(CC)c1C. The van der Waals surface area contributed by atoms with Crippen molar-refractivity contribution in [1.29, 1.82) is 0 Å². The summed E-state index contributed by atoms with van der Waals surface area (Å²) in [5, 5.41) is 0. The molecule has 0 saturated carbocycles. The van der Waals surface area contributed by atoms with Crippen LogP contribution >= 0.6 is 0 Å². The third-order valence-corrected chi connectivity index (χ3v) is 4.96. The van der Waals surface area contributed by atoms with Gasteiger partial charge in [-0.25, -0.2) is 0 Å². The number of hydrogen-bond acceptors (Lipinski definition) is 0. The molecular formula is C23H32. The first-order valence-electron chi connectivity index (χ1n) is 9.42. The molecule has 0 spiro atoms. The van der Waals surface area contributed by atoms with Crippen molar-refractivity contribution >= 4 is 0 Å².